The molecule has 0 aromatic carbocycles. The Labute approximate surface area is 102 Å². The first-order valence-corrected chi connectivity index (χ1v) is 6.42. The summed E-state index contributed by atoms with van der Waals surface area (Å²) in [5.41, 5.74) is 0. The molecule has 1 aliphatic heterocycles. The van der Waals surface area contributed by atoms with Crippen molar-refractivity contribution in [2.45, 2.75) is 52.0 Å². The van der Waals surface area contributed by atoms with Crippen LogP contribution >= 0.6 is 0 Å². The van der Waals surface area contributed by atoms with E-state index in [0.717, 1.165) is 25.8 Å². The van der Waals surface area contributed by atoms with Crippen LogP contribution in [-0.4, -0.2) is 38.6 Å². The van der Waals surface area contributed by atoms with E-state index in [9.17, 15) is 4.79 Å². The Balaban J connectivity index is 2.15. The Hall–Kier alpha value is -1.39. The summed E-state index contributed by atoms with van der Waals surface area (Å²) in [4.78, 5) is 18.4. The molecule has 17 heavy (non-hydrogen) atoms. The Kier molecular flexibility index (Phi) is 3.76. The van der Waals surface area contributed by atoms with Gasteiger partial charge < -0.3 is 4.90 Å². The van der Waals surface area contributed by atoms with Crippen molar-refractivity contribution in [2.24, 2.45) is 0 Å². The van der Waals surface area contributed by atoms with Crippen molar-refractivity contribution in [3.8, 4) is 0 Å². The van der Waals surface area contributed by atoms with Crippen LogP contribution in [0.3, 0.4) is 0 Å². The molecular formula is C12H20N4O. The highest BCUT2D eigenvalue weighted by atomic mass is 16.2. The van der Waals surface area contributed by atoms with Gasteiger partial charge in [-0.25, -0.2) is 4.98 Å². The average molecular weight is 236 g/mol. The fourth-order valence-corrected chi connectivity index (χ4v) is 2.44. The van der Waals surface area contributed by atoms with E-state index in [1.807, 2.05) is 11.8 Å². The molecule has 0 bridgehead atoms. The zero-order chi connectivity index (χ0) is 12.3. The van der Waals surface area contributed by atoms with Gasteiger partial charge in [-0.1, -0.05) is 19.8 Å². The van der Waals surface area contributed by atoms with E-state index < -0.39 is 0 Å². The molecule has 1 fully saturated rings. The number of H-pyrrole nitrogens is 1. The van der Waals surface area contributed by atoms with Gasteiger partial charge in [0.2, 0.25) is 5.82 Å². The molecule has 1 unspecified atom stereocenters. The molecule has 5 heteroatoms. The number of hydrogen-bond acceptors (Lipinski definition) is 3. The van der Waals surface area contributed by atoms with Crippen LogP contribution in [0.25, 0.3) is 0 Å². The summed E-state index contributed by atoms with van der Waals surface area (Å²) in [6.45, 7) is 4.79. The van der Waals surface area contributed by atoms with Gasteiger partial charge in [-0.3, -0.25) is 9.89 Å². The van der Waals surface area contributed by atoms with Crippen molar-refractivity contribution >= 4 is 5.91 Å². The maximum absolute atomic E-state index is 12.3. The molecule has 1 aromatic heterocycles. The van der Waals surface area contributed by atoms with Crippen LogP contribution in [0.4, 0.5) is 0 Å². The van der Waals surface area contributed by atoms with Crippen molar-refractivity contribution < 1.29 is 4.79 Å². The summed E-state index contributed by atoms with van der Waals surface area (Å²) in [6, 6.07) is 0.351. The van der Waals surface area contributed by atoms with Crippen molar-refractivity contribution in [3.63, 3.8) is 0 Å². The maximum atomic E-state index is 12.3. The number of carbonyl (C=O) groups is 1. The smallest absolute Gasteiger partial charge is 0.293 e. The van der Waals surface area contributed by atoms with Gasteiger partial charge in [0.25, 0.3) is 5.91 Å². The van der Waals surface area contributed by atoms with Crippen molar-refractivity contribution in [1.82, 2.24) is 20.1 Å². The number of likely N-dealkylation sites (tertiary alicyclic amines) is 1. The molecule has 94 valence electrons. The lowest BCUT2D eigenvalue weighted by molar-refractivity contribution is 0.0666. The predicted molar refractivity (Wildman–Crippen MR) is 64.7 cm³/mol. The average Bonchev–Trinajstić information content (AvgIpc) is 2.64. The third-order valence-electron chi connectivity index (χ3n) is 3.40. The van der Waals surface area contributed by atoms with E-state index in [2.05, 4.69) is 22.1 Å². The van der Waals surface area contributed by atoms with E-state index in [4.69, 9.17) is 0 Å². The number of rotatable bonds is 2. The van der Waals surface area contributed by atoms with Crippen LogP contribution in [0.2, 0.25) is 0 Å². The molecule has 0 radical (unpaired) electrons. The quantitative estimate of drug-likeness (QED) is 0.853. The van der Waals surface area contributed by atoms with Crippen molar-refractivity contribution in [1.29, 1.82) is 0 Å². The van der Waals surface area contributed by atoms with Crippen molar-refractivity contribution in [3.05, 3.63) is 11.6 Å². The Morgan fingerprint density at radius 2 is 2.29 bits per heavy atom. The summed E-state index contributed by atoms with van der Waals surface area (Å²) < 4.78 is 0. The number of hydrogen-bond donors (Lipinski definition) is 1. The monoisotopic (exact) mass is 236 g/mol. The number of carbonyl (C=O) groups excluding carboxylic acids is 1. The van der Waals surface area contributed by atoms with E-state index in [1.165, 1.54) is 12.8 Å². The Morgan fingerprint density at radius 1 is 1.47 bits per heavy atom. The second kappa shape index (κ2) is 5.29. The lowest BCUT2D eigenvalue weighted by Crippen LogP contribution is -2.40. The standard InChI is InChI=1S/C12H20N4O/c1-3-10-7-5-4-6-8-16(10)12(17)11-13-9(2)14-15-11/h10H,3-8H2,1-2H3,(H,13,14,15). The highest BCUT2D eigenvalue weighted by Gasteiger charge is 2.27. The number of amides is 1. The van der Waals surface area contributed by atoms with Crippen LogP contribution in [0, 0.1) is 6.92 Å². The third kappa shape index (κ3) is 2.65. The van der Waals surface area contributed by atoms with E-state index >= 15 is 0 Å². The lowest BCUT2D eigenvalue weighted by atomic mass is 10.1. The van der Waals surface area contributed by atoms with Crippen molar-refractivity contribution in [2.75, 3.05) is 6.54 Å². The Morgan fingerprint density at radius 3 is 2.94 bits per heavy atom. The molecule has 0 saturated carbocycles. The zero-order valence-corrected chi connectivity index (χ0v) is 10.6. The van der Waals surface area contributed by atoms with Crippen LogP contribution in [0.5, 0.6) is 0 Å². The van der Waals surface area contributed by atoms with Gasteiger partial charge >= 0.3 is 0 Å². The highest BCUT2D eigenvalue weighted by Crippen LogP contribution is 2.20. The number of nitrogens with one attached hydrogen (secondary N) is 1. The van der Waals surface area contributed by atoms with Gasteiger partial charge in [0, 0.05) is 12.6 Å². The van der Waals surface area contributed by atoms with Gasteiger partial charge in [-0.2, -0.15) is 0 Å². The Bertz CT molecular complexity index is 388. The fraction of sp³-hybridized carbons (Fsp3) is 0.750. The van der Waals surface area contributed by atoms with Crippen LogP contribution in [0.1, 0.15) is 55.5 Å². The molecule has 2 rings (SSSR count). The minimum atomic E-state index is -0.0249. The summed E-state index contributed by atoms with van der Waals surface area (Å²) >= 11 is 0. The van der Waals surface area contributed by atoms with Gasteiger partial charge in [0.1, 0.15) is 5.82 Å². The second-order valence-corrected chi connectivity index (χ2v) is 4.65. The fourth-order valence-electron chi connectivity index (χ4n) is 2.44. The molecular weight excluding hydrogens is 216 g/mol. The molecule has 0 aliphatic carbocycles. The molecule has 5 nitrogen and oxygen atoms in total. The van der Waals surface area contributed by atoms with E-state index in [-0.39, 0.29) is 5.91 Å². The first kappa shape index (κ1) is 12.1. The second-order valence-electron chi connectivity index (χ2n) is 4.65. The summed E-state index contributed by atoms with van der Waals surface area (Å²) in [5.74, 6) is 0.974. The number of aromatic nitrogens is 3. The van der Waals surface area contributed by atoms with Gasteiger partial charge in [-0.15, -0.1) is 5.10 Å². The molecule has 1 aromatic rings. The lowest BCUT2D eigenvalue weighted by Gasteiger charge is -2.28. The zero-order valence-electron chi connectivity index (χ0n) is 10.6. The molecule has 0 spiro atoms. The molecule has 1 amide bonds. The number of aromatic amines is 1. The number of aryl methyl sites for hydroxylation is 1. The summed E-state index contributed by atoms with van der Waals surface area (Å²) in [6.07, 6.45) is 5.63. The van der Waals surface area contributed by atoms with Crippen LogP contribution in [-0.2, 0) is 0 Å². The first-order valence-electron chi connectivity index (χ1n) is 6.42. The third-order valence-corrected chi connectivity index (χ3v) is 3.40. The van der Waals surface area contributed by atoms with Gasteiger partial charge in [0.05, 0.1) is 0 Å². The molecule has 1 atom stereocenters. The molecule has 1 saturated heterocycles. The predicted octanol–water partition coefficient (Wildman–Crippen LogP) is 1.91. The van der Waals surface area contributed by atoms with Crippen LogP contribution < -0.4 is 0 Å². The molecule has 1 aliphatic rings. The maximum Gasteiger partial charge on any atom is 0.293 e. The topological polar surface area (TPSA) is 61.9 Å². The van der Waals surface area contributed by atoms with E-state index in [0.29, 0.717) is 17.7 Å². The van der Waals surface area contributed by atoms with Crippen LogP contribution in [0.15, 0.2) is 0 Å². The SMILES string of the molecule is CCC1CCCCCN1C(=O)c1n[nH]c(C)n1. The summed E-state index contributed by atoms with van der Waals surface area (Å²) in [7, 11) is 0. The van der Waals surface area contributed by atoms with E-state index in [1.54, 1.807) is 0 Å². The number of nitrogens with zero attached hydrogens (tertiary/aromatic N) is 3. The largest absolute Gasteiger partial charge is 0.333 e. The highest BCUT2D eigenvalue weighted by molar-refractivity contribution is 5.90. The first-order chi connectivity index (χ1) is 8.22. The minimum absolute atomic E-state index is 0.0249. The molecule has 1 N–H and O–H groups in total. The normalized spacial score (nSPS) is 21.3. The summed E-state index contributed by atoms with van der Waals surface area (Å²) in [5, 5.41) is 6.69. The van der Waals surface area contributed by atoms with Gasteiger partial charge in [-0.05, 0) is 26.2 Å². The minimum Gasteiger partial charge on any atom is -0.333 e. The molecule has 2 heterocycles. The van der Waals surface area contributed by atoms with Gasteiger partial charge in [0.15, 0.2) is 0 Å².